The number of likely N-dealkylation sites (tertiary alicyclic amines) is 1. The number of piperidine rings is 1. The molecule has 1 unspecified atom stereocenters. The monoisotopic (exact) mass is 264 g/mol. The third kappa shape index (κ3) is 3.40. The van der Waals surface area contributed by atoms with Crippen molar-refractivity contribution in [2.24, 2.45) is 11.7 Å². The van der Waals surface area contributed by atoms with Gasteiger partial charge in [-0.05, 0) is 38.4 Å². The Kier molecular flexibility index (Phi) is 4.49. The molecule has 1 aromatic rings. The first kappa shape index (κ1) is 13.2. The van der Waals surface area contributed by atoms with Crippen LogP contribution in [0.15, 0.2) is 18.5 Å². The highest BCUT2D eigenvalue weighted by molar-refractivity contribution is 7.80. The maximum Gasteiger partial charge on any atom is 0.106 e. The summed E-state index contributed by atoms with van der Waals surface area (Å²) in [4.78, 5) is 6.92. The molecular formula is C13H20N4S. The minimum Gasteiger partial charge on any atom is -0.389 e. The zero-order valence-electron chi connectivity index (χ0n) is 10.7. The fraction of sp³-hybridized carbons (Fsp3) is 0.538. The first-order chi connectivity index (χ1) is 8.66. The summed E-state index contributed by atoms with van der Waals surface area (Å²) in [6.07, 6.45) is 6.06. The van der Waals surface area contributed by atoms with Gasteiger partial charge in [0, 0.05) is 24.8 Å². The molecule has 18 heavy (non-hydrogen) atoms. The van der Waals surface area contributed by atoms with Gasteiger partial charge in [-0.3, -0.25) is 4.98 Å². The Balaban J connectivity index is 1.95. The highest BCUT2D eigenvalue weighted by Gasteiger charge is 2.17. The second-order valence-electron chi connectivity index (χ2n) is 4.94. The maximum atomic E-state index is 5.70. The fourth-order valence-electron chi connectivity index (χ4n) is 2.44. The molecule has 1 aliphatic rings. The molecule has 5 heteroatoms. The van der Waals surface area contributed by atoms with Gasteiger partial charge >= 0.3 is 0 Å². The van der Waals surface area contributed by atoms with E-state index < -0.39 is 0 Å². The van der Waals surface area contributed by atoms with Gasteiger partial charge < -0.3 is 16.0 Å². The molecule has 1 atom stereocenters. The van der Waals surface area contributed by atoms with Gasteiger partial charge in [-0.25, -0.2) is 0 Å². The number of hydrogen-bond donors (Lipinski definition) is 2. The van der Waals surface area contributed by atoms with Crippen LogP contribution in [0.25, 0.3) is 0 Å². The van der Waals surface area contributed by atoms with E-state index in [1.807, 2.05) is 6.07 Å². The average Bonchev–Trinajstić information content (AvgIpc) is 2.37. The van der Waals surface area contributed by atoms with Crippen LogP contribution in [0.3, 0.4) is 0 Å². The SMILES string of the molecule is CN1CCCC(CNc2cnccc2C(N)=S)C1. The van der Waals surface area contributed by atoms with Crippen molar-refractivity contribution in [1.29, 1.82) is 0 Å². The third-order valence-electron chi connectivity index (χ3n) is 3.39. The van der Waals surface area contributed by atoms with Gasteiger partial charge in [-0.2, -0.15) is 0 Å². The van der Waals surface area contributed by atoms with Crippen molar-refractivity contribution < 1.29 is 0 Å². The van der Waals surface area contributed by atoms with Crippen LogP contribution in [0.4, 0.5) is 5.69 Å². The highest BCUT2D eigenvalue weighted by Crippen LogP contribution is 2.18. The molecule has 0 aliphatic carbocycles. The normalized spacial score (nSPS) is 20.6. The number of rotatable bonds is 4. The predicted octanol–water partition coefficient (Wildman–Crippen LogP) is 1.47. The number of aromatic nitrogens is 1. The van der Waals surface area contributed by atoms with Crippen molar-refractivity contribution in [1.82, 2.24) is 9.88 Å². The molecule has 0 bridgehead atoms. The van der Waals surface area contributed by atoms with Crippen LogP contribution in [0.5, 0.6) is 0 Å². The summed E-state index contributed by atoms with van der Waals surface area (Å²) < 4.78 is 0. The van der Waals surface area contributed by atoms with Crippen molar-refractivity contribution in [3.05, 3.63) is 24.0 Å². The molecule has 0 aromatic carbocycles. The smallest absolute Gasteiger partial charge is 0.106 e. The van der Waals surface area contributed by atoms with Crippen molar-refractivity contribution in [2.45, 2.75) is 12.8 Å². The molecular weight excluding hydrogens is 244 g/mol. The van der Waals surface area contributed by atoms with Gasteiger partial charge in [0.2, 0.25) is 0 Å². The zero-order valence-corrected chi connectivity index (χ0v) is 11.5. The van der Waals surface area contributed by atoms with Crippen LogP contribution in [0.2, 0.25) is 0 Å². The molecule has 1 aromatic heterocycles. The lowest BCUT2D eigenvalue weighted by molar-refractivity contribution is 0.217. The van der Waals surface area contributed by atoms with E-state index in [0.717, 1.165) is 24.3 Å². The number of thiocarbonyl (C=S) groups is 1. The van der Waals surface area contributed by atoms with Gasteiger partial charge in [0.15, 0.2) is 0 Å². The van der Waals surface area contributed by atoms with Crippen LogP contribution in [-0.2, 0) is 0 Å². The molecule has 0 radical (unpaired) electrons. The Bertz CT molecular complexity index is 421. The Morgan fingerprint density at radius 2 is 2.50 bits per heavy atom. The van der Waals surface area contributed by atoms with E-state index in [4.69, 9.17) is 18.0 Å². The van der Waals surface area contributed by atoms with Crippen molar-refractivity contribution in [2.75, 3.05) is 32.0 Å². The predicted molar refractivity (Wildman–Crippen MR) is 78.8 cm³/mol. The van der Waals surface area contributed by atoms with Gasteiger partial charge in [0.25, 0.3) is 0 Å². The number of hydrogen-bond acceptors (Lipinski definition) is 4. The lowest BCUT2D eigenvalue weighted by Crippen LogP contribution is -2.35. The number of nitrogens with zero attached hydrogens (tertiary/aromatic N) is 2. The molecule has 3 N–H and O–H groups in total. The zero-order chi connectivity index (χ0) is 13.0. The van der Waals surface area contributed by atoms with E-state index in [1.165, 1.54) is 19.4 Å². The molecule has 1 saturated heterocycles. The lowest BCUT2D eigenvalue weighted by Gasteiger charge is -2.30. The van der Waals surface area contributed by atoms with Crippen LogP contribution in [-0.4, -0.2) is 41.6 Å². The van der Waals surface area contributed by atoms with Crippen molar-refractivity contribution in [3.63, 3.8) is 0 Å². The Morgan fingerprint density at radius 3 is 3.22 bits per heavy atom. The highest BCUT2D eigenvalue weighted by atomic mass is 32.1. The van der Waals surface area contributed by atoms with E-state index in [-0.39, 0.29) is 0 Å². The summed E-state index contributed by atoms with van der Waals surface area (Å²) in [6, 6.07) is 1.86. The van der Waals surface area contributed by atoms with Gasteiger partial charge in [-0.1, -0.05) is 12.2 Å². The molecule has 2 heterocycles. The van der Waals surface area contributed by atoms with Crippen LogP contribution >= 0.6 is 12.2 Å². The summed E-state index contributed by atoms with van der Waals surface area (Å²) in [6.45, 7) is 3.31. The van der Waals surface area contributed by atoms with E-state index in [0.29, 0.717) is 10.9 Å². The standard InChI is InChI=1S/C13H20N4S/c1-17-6-2-3-10(9-17)7-16-12-8-15-5-4-11(12)13(14)18/h4-5,8,10,16H,2-3,6-7,9H2,1H3,(H2,14,18). The number of nitrogens with one attached hydrogen (secondary N) is 1. The van der Waals surface area contributed by atoms with Crippen LogP contribution in [0, 0.1) is 5.92 Å². The molecule has 2 rings (SSSR count). The minimum absolute atomic E-state index is 0.417. The van der Waals surface area contributed by atoms with E-state index in [1.54, 1.807) is 12.4 Å². The summed E-state index contributed by atoms with van der Waals surface area (Å²) in [5.74, 6) is 0.683. The fourth-order valence-corrected chi connectivity index (χ4v) is 2.62. The van der Waals surface area contributed by atoms with Gasteiger partial charge in [0.05, 0.1) is 11.9 Å². The molecule has 1 aliphatic heterocycles. The van der Waals surface area contributed by atoms with Crippen LogP contribution < -0.4 is 11.1 Å². The number of pyridine rings is 1. The molecule has 0 amide bonds. The summed E-state index contributed by atoms with van der Waals surface area (Å²) in [5, 5.41) is 3.43. The number of anilines is 1. The molecule has 0 spiro atoms. The summed E-state index contributed by atoms with van der Waals surface area (Å²) in [7, 11) is 2.18. The third-order valence-corrected chi connectivity index (χ3v) is 3.61. The van der Waals surface area contributed by atoms with E-state index in [2.05, 4.69) is 22.2 Å². The number of nitrogens with two attached hydrogens (primary N) is 1. The molecule has 98 valence electrons. The average molecular weight is 264 g/mol. The van der Waals surface area contributed by atoms with E-state index >= 15 is 0 Å². The first-order valence-electron chi connectivity index (χ1n) is 6.33. The van der Waals surface area contributed by atoms with Crippen molar-refractivity contribution in [3.8, 4) is 0 Å². The molecule has 1 fully saturated rings. The van der Waals surface area contributed by atoms with Gasteiger partial charge in [0.1, 0.15) is 4.99 Å². The quantitative estimate of drug-likeness (QED) is 0.807. The summed E-state index contributed by atoms with van der Waals surface area (Å²) in [5.41, 5.74) is 7.52. The van der Waals surface area contributed by atoms with Crippen molar-refractivity contribution >= 4 is 22.9 Å². The van der Waals surface area contributed by atoms with E-state index in [9.17, 15) is 0 Å². The lowest BCUT2D eigenvalue weighted by atomic mass is 9.98. The summed E-state index contributed by atoms with van der Waals surface area (Å²) >= 11 is 5.04. The second-order valence-corrected chi connectivity index (χ2v) is 5.38. The Morgan fingerprint density at radius 1 is 1.67 bits per heavy atom. The largest absolute Gasteiger partial charge is 0.389 e. The Hall–Kier alpha value is -1.20. The minimum atomic E-state index is 0.417. The second kappa shape index (κ2) is 6.11. The Labute approximate surface area is 114 Å². The topological polar surface area (TPSA) is 54.2 Å². The van der Waals surface area contributed by atoms with Crippen LogP contribution in [0.1, 0.15) is 18.4 Å². The maximum absolute atomic E-state index is 5.70. The molecule has 4 nitrogen and oxygen atoms in total. The van der Waals surface area contributed by atoms with Gasteiger partial charge in [-0.15, -0.1) is 0 Å². The molecule has 0 saturated carbocycles. The first-order valence-corrected chi connectivity index (χ1v) is 6.74.